The minimum absolute atomic E-state index is 0.0200. The first-order valence-electron chi connectivity index (χ1n) is 9.76. The van der Waals surface area contributed by atoms with Gasteiger partial charge in [0.15, 0.2) is 0 Å². The minimum Gasteiger partial charge on any atom is -0.491 e. The van der Waals surface area contributed by atoms with E-state index in [0.29, 0.717) is 13.2 Å². The van der Waals surface area contributed by atoms with Crippen LogP contribution in [0.5, 0.6) is 5.75 Å². The average Bonchev–Trinajstić information content (AvgIpc) is 2.68. The molecule has 2 aliphatic rings. The van der Waals surface area contributed by atoms with Gasteiger partial charge < -0.3 is 20.5 Å². The summed E-state index contributed by atoms with van der Waals surface area (Å²) in [7, 11) is 0. The summed E-state index contributed by atoms with van der Waals surface area (Å²) in [5.74, 6) is 0.267. The quantitative estimate of drug-likeness (QED) is 0.757. The molecule has 3 N–H and O–H groups in total. The molecule has 0 aromatic heterocycles. The van der Waals surface area contributed by atoms with E-state index in [1.807, 2.05) is 29.2 Å². The lowest BCUT2D eigenvalue weighted by atomic mass is 9.97. The molecule has 2 amide bonds. The summed E-state index contributed by atoms with van der Waals surface area (Å²) < 4.78 is 11.4. The summed E-state index contributed by atoms with van der Waals surface area (Å²) in [5, 5.41) is 2.96. The summed E-state index contributed by atoms with van der Waals surface area (Å²) in [6.45, 7) is 2.96. The van der Waals surface area contributed by atoms with Gasteiger partial charge in [-0.15, -0.1) is 0 Å². The number of hydrogen-bond donors (Lipinski definition) is 2. The highest BCUT2D eigenvalue weighted by Gasteiger charge is 2.26. The second-order valence-corrected chi connectivity index (χ2v) is 7.35. The number of ether oxygens (including phenoxy) is 2. The zero-order valence-electron chi connectivity index (χ0n) is 15.7. The fourth-order valence-electron chi connectivity index (χ4n) is 3.64. The lowest BCUT2D eigenvalue weighted by molar-refractivity contribution is -0.124. The van der Waals surface area contributed by atoms with Crippen LogP contribution in [0.1, 0.15) is 32.1 Å². The molecule has 1 aromatic carbocycles. The third-order valence-corrected chi connectivity index (χ3v) is 5.09. The number of nitrogens with zero attached hydrogens (tertiary/aromatic N) is 1. The molecule has 0 spiro atoms. The van der Waals surface area contributed by atoms with Gasteiger partial charge >= 0.3 is 0 Å². The van der Waals surface area contributed by atoms with Crippen molar-refractivity contribution >= 4 is 17.5 Å². The number of carbonyl (C=O) groups excluding carboxylic acids is 2. The van der Waals surface area contributed by atoms with E-state index in [1.165, 1.54) is 6.42 Å². The topological polar surface area (TPSA) is 93.9 Å². The summed E-state index contributed by atoms with van der Waals surface area (Å²) in [6, 6.07) is 7.41. The number of rotatable bonds is 7. The molecule has 27 heavy (non-hydrogen) atoms. The molecule has 7 heteroatoms. The lowest BCUT2D eigenvalue weighted by Gasteiger charge is -2.30. The third-order valence-electron chi connectivity index (χ3n) is 5.09. The van der Waals surface area contributed by atoms with Crippen LogP contribution in [-0.2, 0) is 14.3 Å². The van der Waals surface area contributed by atoms with Gasteiger partial charge in [0, 0.05) is 18.8 Å². The Bertz CT molecular complexity index is 629. The van der Waals surface area contributed by atoms with Crippen molar-refractivity contribution in [2.75, 3.05) is 38.2 Å². The lowest BCUT2D eigenvalue weighted by Crippen LogP contribution is -2.44. The first-order chi connectivity index (χ1) is 13.1. The van der Waals surface area contributed by atoms with Crippen molar-refractivity contribution in [3.05, 3.63) is 24.3 Å². The number of nitrogens with two attached hydrogens (primary N) is 1. The number of benzene rings is 1. The molecule has 2 atom stereocenters. The number of amides is 2. The standard InChI is InChI=1S/C20H29N3O4/c21-19(24)13-23-10-3-4-15(12-23)20(25)22-16-6-8-17(9-7-16)27-14-18-5-1-2-11-26-18/h6-9,15,18H,1-5,10-14H2,(H2,21,24)(H,22,25). The highest BCUT2D eigenvalue weighted by atomic mass is 16.5. The van der Waals surface area contributed by atoms with Crippen LogP contribution in [0.2, 0.25) is 0 Å². The zero-order valence-corrected chi connectivity index (χ0v) is 15.7. The highest BCUT2D eigenvalue weighted by Crippen LogP contribution is 2.21. The monoisotopic (exact) mass is 375 g/mol. The van der Waals surface area contributed by atoms with Gasteiger partial charge in [-0.1, -0.05) is 0 Å². The van der Waals surface area contributed by atoms with Crippen LogP contribution in [0.3, 0.4) is 0 Å². The number of likely N-dealkylation sites (tertiary alicyclic amines) is 1. The molecule has 0 aliphatic carbocycles. The Morgan fingerprint density at radius 1 is 1.19 bits per heavy atom. The second-order valence-electron chi connectivity index (χ2n) is 7.35. The number of primary amides is 1. The maximum atomic E-state index is 12.5. The molecule has 0 saturated carbocycles. The maximum Gasteiger partial charge on any atom is 0.231 e. The van der Waals surface area contributed by atoms with Crippen molar-refractivity contribution in [2.24, 2.45) is 11.7 Å². The molecule has 2 fully saturated rings. The highest BCUT2D eigenvalue weighted by molar-refractivity contribution is 5.92. The van der Waals surface area contributed by atoms with Crippen LogP contribution in [0.15, 0.2) is 24.3 Å². The zero-order chi connectivity index (χ0) is 19.1. The predicted molar refractivity (Wildman–Crippen MR) is 103 cm³/mol. The van der Waals surface area contributed by atoms with E-state index < -0.39 is 0 Å². The molecule has 3 rings (SSSR count). The normalized spacial score (nSPS) is 23.6. The van der Waals surface area contributed by atoms with Gasteiger partial charge in [-0.3, -0.25) is 14.5 Å². The first kappa shape index (κ1) is 19.6. The van der Waals surface area contributed by atoms with Gasteiger partial charge in [0.2, 0.25) is 11.8 Å². The smallest absolute Gasteiger partial charge is 0.231 e. The predicted octanol–water partition coefficient (Wildman–Crippen LogP) is 1.77. The average molecular weight is 375 g/mol. The van der Waals surface area contributed by atoms with Gasteiger partial charge in [-0.2, -0.15) is 0 Å². The molecule has 2 unspecified atom stereocenters. The van der Waals surface area contributed by atoms with E-state index in [1.54, 1.807) is 0 Å². The third kappa shape index (κ3) is 6.22. The Morgan fingerprint density at radius 2 is 2.00 bits per heavy atom. The van der Waals surface area contributed by atoms with Crippen molar-refractivity contribution in [1.29, 1.82) is 0 Å². The second kappa shape index (κ2) is 9.71. The summed E-state index contributed by atoms with van der Waals surface area (Å²) in [6.07, 6.45) is 5.25. The Hall–Kier alpha value is -2.12. The number of carbonyl (C=O) groups is 2. The van der Waals surface area contributed by atoms with Gasteiger partial charge in [0.05, 0.1) is 18.6 Å². The van der Waals surface area contributed by atoms with E-state index in [-0.39, 0.29) is 30.4 Å². The number of hydrogen-bond acceptors (Lipinski definition) is 5. The minimum atomic E-state index is -0.356. The van der Waals surface area contributed by atoms with Crippen molar-refractivity contribution in [1.82, 2.24) is 4.90 Å². The van der Waals surface area contributed by atoms with Crippen molar-refractivity contribution in [3.63, 3.8) is 0 Å². The van der Waals surface area contributed by atoms with E-state index in [9.17, 15) is 9.59 Å². The van der Waals surface area contributed by atoms with Crippen molar-refractivity contribution < 1.29 is 19.1 Å². The molecule has 2 saturated heterocycles. The molecule has 7 nitrogen and oxygen atoms in total. The van der Waals surface area contributed by atoms with Crippen LogP contribution in [0.4, 0.5) is 5.69 Å². The van der Waals surface area contributed by atoms with E-state index >= 15 is 0 Å². The molecule has 2 aliphatic heterocycles. The van der Waals surface area contributed by atoms with Crippen molar-refractivity contribution in [2.45, 2.75) is 38.2 Å². The molecule has 2 heterocycles. The molecule has 1 aromatic rings. The van der Waals surface area contributed by atoms with Crippen LogP contribution >= 0.6 is 0 Å². The van der Waals surface area contributed by atoms with Crippen LogP contribution in [-0.4, -0.2) is 55.7 Å². The van der Waals surface area contributed by atoms with Gasteiger partial charge in [-0.05, 0) is 62.9 Å². The molecular weight excluding hydrogens is 346 g/mol. The van der Waals surface area contributed by atoms with Crippen molar-refractivity contribution in [3.8, 4) is 5.75 Å². The van der Waals surface area contributed by atoms with Gasteiger partial charge in [0.1, 0.15) is 12.4 Å². The molecule has 0 bridgehead atoms. The number of piperidine rings is 1. The SMILES string of the molecule is NC(=O)CN1CCCC(C(=O)Nc2ccc(OCC3CCCCO3)cc2)C1. The summed E-state index contributed by atoms with van der Waals surface area (Å²) >= 11 is 0. The van der Waals surface area contributed by atoms with Crippen LogP contribution in [0.25, 0.3) is 0 Å². The summed E-state index contributed by atoms with van der Waals surface area (Å²) in [4.78, 5) is 25.5. The molecule has 0 radical (unpaired) electrons. The summed E-state index contributed by atoms with van der Waals surface area (Å²) in [5.41, 5.74) is 6.00. The number of nitrogens with one attached hydrogen (secondary N) is 1. The van der Waals surface area contributed by atoms with E-state index in [0.717, 1.165) is 50.3 Å². The molecular formula is C20H29N3O4. The fraction of sp³-hybridized carbons (Fsp3) is 0.600. The Balaban J connectivity index is 1.45. The van der Waals surface area contributed by atoms with Gasteiger partial charge in [0.25, 0.3) is 0 Å². The number of anilines is 1. The van der Waals surface area contributed by atoms with Crippen LogP contribution in [0, 0.1) is 5.92 Å². The first-order valence-corrected chi connectivity index (χ1v) is 9.76. The maximum absolute atomic E-state index is 12.5. The van der Waals surface area contributed by atoms with Crippen LogP contribution < -0.4 is 15.8 Å². The Morgan fingerprint density at radius 3 is 2.70 bits per heavy atom. The van der Waals surface area contributed by atoms with Gasteiger partial charge in [-0.25, -0.2) is 0 Å². The molecule has 148 valence electrons. The largest absolute Gasteiger partial charge is 0.491 e. The van der Waals surface area contributed by atoms with E-state index in [4.69, 9.17) is 15.2 Å². The Kier molecular flexibility index (Phi) is 7.06. The Labute approximate surface area is 160 Å². The van der Waals surface area contributed by atoms with E-state index in [2.05, 4.69) is 5.32 Å². The fourth-order valence-corrected chi connectivity index (χ4v) is 3.64.